The van der Waals surface area contributed by atoms with E-state index in [1.807, 2.05) is 24.3 Å². The molecule has 1 N–H and O–H groups in total. The van der Waals surface area contributed by atoms with Gasteiger partial charge in [-0.25, -0.2) is 14.6 Å². The highest BCUT2D eigenvalue weighted by Crippen LogP contribution is 2.22. The molecule has 2 heterocycles. The number of para-hydroxylation sites is 1. The topological polar surface area (TPSA) is 88.6 Å². The van der Waals surface area contributed by atoms with Gasteiger partial charge in [0.1, 0.15) is 5.01 Å². The molecule has 1 aliphatic rings. The Morgan fingerprint density at radius 2 is 2.21 bits per heavy atom. The molecule has 8 heteroatoms. The van der Waals surface area contributed by atoms with Crippen molar-refractivity contribution in [2.75, 3.05) is 13.1 Å². The number of amides is 3. The second-order valence-electron chi connectivity index (χ2n) is 5.15. The van der Waals surface area contributed by atoms with Gasteiger partial charge in [-0.15, -0.1) is 11.3 Å². The van der Waals surface area contributed by atoms with E-state index in [1.54, 1.807) is 6.08 Å². The summed E-state index contributed by atoms with van der Waals surface area (Å²) in [5.41, 5.74) is 0.860. The van der Waals surface area contributed by atoms with Gasteiger partial charge in [-0.05, 0) is 25.1 Å². The summed E-state index contributed by atoms with van der Waals surface area (Å²) in [5.74, 6) is -1.19. The van der Waals surface area contributed by atoms with Gasteiger partial charge in [-0.2, -0.15) is 0 Å². The van der Waals surface area contributed by atoms with Crippen LogP contribution in [-0.2, 0) is 14.3 Å². The molecule has 2 aromatic rings. The molecular formula is C16H15N3O4S. The second kappa shape index (κ2) is 6.79. The fourth-order valence-electron chi connectivity index (χ4n) is 2.27. The lowest BCUT2D eigenvalue weighted by Crippen LogP contribution is -2.41. The molecule has 0 unspecified atom stereocenters. The normalized spacial score (nSPS) is 15.7. The largest absolute Gasteiger partial charge is 0.449 e. The molecule has 0 aliphatic carbocycles. The number of hydrogen-bond acceptors (Lipinski definition) is 6. The van der Waals surface area contributed by atoms with Crippen LogP contribution < -0.4 is 5.32 Å². The van der Waals surface area contributed by atoms with Crippen molar-refractivity contribution < 1.29 is 19.1 Å². The van der Waals surface area contributed by atoms with E-state index < -0.39 is 24.0 Å². The van der Waals surface area contributed by atoms with Crippen LogP contribution in [0.5, 0.6) is 0 Å². The van der Waals surface area contributed by atoms with Crippen molar-refractivity contribution in [2.45, 2.75) is 13.0 Å². The lowest BCUT2D eigenvalue weighted by atomic mass is 10.3. The summed E-state index contributed by atoms with van der Waals surface area (Å²) in [6.07, 6.45) is 1.75. The zero-order chi connectivity index (χ0) is 17.1. The van der Waals surface area contributed by atoms with E-state index in [0.29, 0.717) is 11.6 Å². The van der Waals surface area contributed by atoms with E-state index in [1.165, 1.54) is 24.3 Å². The number of carbonyl (C=O) groups excluding carboxylic acids is 3. The zero-order valence-electron chi connectivity index (χ0n) is 12.9. The highest BCUT2D eigenvalue weighted by atomic mass is 32.1. The fraction of sp³-hybridized carbons (Fsp3) is 0.250. The maximum Gasteiger partial charge on any atom is 0.331 e. The van der Waals surface area contributed by atoms with Crippen molar-refractivity contribution in [1.29, 1.82) is 0 Å². The summed E-state index contributed by atoms with van der Waals surface area (Å²) in [6, 6.07) is 7.19. The number of carbonyl (C=O) groups is 3. The van der Waals surface area contributed by atoms with Gasteiger partial charge >= 0.3 is 12.0 Å². The first-order valence-electron chi connectivity index (χ1n) is 7.38. The second-order valence-corrected chi connectivity index (χ2v) is 6.22. The number of urea groups is 1. The summed E-state index contributed by atoms with van der Waals surface area (Å²) in [4.78, 5) is 40.7. The molecule has 1 aromatic heterocycles. The van der Waals surface area contributed by atoms with Crippen molar-refractivity contribution in [2.24, 2.45) is 0 Å². The minimum Gasteiger partial charge on any atom is -0.449 e. The molecule has 1 atom stereocenters. The quantitative estimate of drug-likeness (QED) is 0.674. The number of thiazole rings is 1. The number of ether oxygens (including phenoxy) is 1. The van der Waals surface area contributed by atoms with Crippen molar-refractivity contribution >= 4 is 45.5 Å². The molecule has 1 aromatic carbocycles. The Labute approximate surface area is 141 Å². The zero-order valence-corrected chi connectivity index (χ0v) is 13.7. The van der Waals surface area contributed by atoms with Gasteiger partial charge in [-0.3, -0.25) is 9.69 Å². The number of aromatic nitrogens is 1. The van der Waals surface area contributed by atoms with E-state index in [2.05, 4.69) is 10.3 Å². The van der Waals surface area contributed by atoms with Gasteiger partial charge < -0.3 is 10.1 Å². The van der Waals surface area contributed by atoms with Crippen molar-refractivity contribution in [3.8, 4) is 0 Å². The van der Waals surface area contributed by atoms with Gasteiger partial charge in [0, 0.05) is 19.2 Å². The first-order chi connectivity index (χ1) is 11.5. The minimum absolute atomic E-state index is 0.279. The standard InChI is InChI=1S/C16H15N3O4S/c1-10(15(21)19-9-8-17-16(19)22)23-14(20)7-6-13-18-11-4-2-3-5-12(11)24-13/h2-7,10H,8-9H2,1H3,(H,17,22)/b7-6+/t10-/m0/s1. The van der Waals surface area contributed by atoms with Crippen LogP contribution in [0.3, 0.4) is 0 Å². The van der Waals surface area contributed by atoms with Gasteiger partial charge in [0.25, 0.3) is 5.91 Å². The molecule has 0 spiro atoms. The predicted octanol–water partition coefficient (Wildman–Crippen LogP) is 1.79. The highest BCUT2D eigenvalue weighted by Gasteiger charge is 2.31. The number of hydrogen-bond donors (Lipinski definition) is 1. The molecule has 3 amide bonds. The van der Waals surface area contributed by atoms with Crippen LogP contribution in [0.4, 0.5) is 4.79 Å². The lowest BCUT2D eigenvalue weighted by Gasteiger charge is -2.17. The minimum atomic E-state index is -1.03. The summed E-state index contributed by atoms with van der Waals surface area (Å²) in [7, 11) is 0. The van der Waals surface area contributed by atoms with Crippen LogP contribution in [0.15, 0.2) is 30.3 Å². The average Bonchev–Trinajstić information content (AvgIpc) is 3.17. The Bertz CT molecular complexity index is 797. The third kappa shape index (κ3) is 3.43. The van der Waals surface area contributed by atoms with E-state index in [4.69, 9.17) is 4.74 Å². The number of imide groups is 1. The Morgan fingerprint density at radius 3 is 2.92 bits per heavy atom. The van der Waals surface area contributed by atoms with E-state index in [0.717, 1.165) is 15.1 Å². The molecule has 24 heavy (non-hydrogen) atoms. The predicted molar refractivity (Wildman–Crippen MR) is 89.3 cm³/mol. The number of fused-ring (bicyclic) bond motifs is 1. The van der Waals surface area contributed by atoms with Gasteiger partial charge in [0.2, 0.25) is 0 Å². The molecule has 7 nitrogen and oxygen atoms in total. The Morgan fingerprint density at radius 1 is 1.42 bits per heavy atom. The fourth-order valence-corrected chi connectivity index (χ4v) is 3.14. The number of esters is 1. The third-order valence-electron chi connectivity index (χ3n) is 3.44. The molecular weight excluding hydrogens is 330 g/mol. The van der Waals surface area contributed by atoms with Gasteiger partial charge in [0.05, 0.1) is 10.2 Å². The first-order valence-corrected chi connectivity index (χ1v) is 8.20. The van der Waals surface area contributed by atoms with Crippen LogP contribution in [-0.4, -0.2) is 47.0 Å². The molecule has 1 aliphatic heterocycles. The van der Waals surface area contributed by atoms with E-state index in [9.17, 15) is 14.4 Å². The van der Waals surface area contributed by atoms with Gasteiger partial charge in [-0.1, -0.05) is 12.1 Å². The van der Waals surface area contributed by atoms with Crippen molar-refractivity contribution in [3.63, 3.8) is 0 Å². The first kappa shape index (κ1) is 16.1. The number of benzene rings is 1. The van der Waals surface area contributed by atoms with Crippen LogP contribution in [0.25, 0.3) is 16.3 Å². The van der Waals surface area contributed by atoms with E-state index in [-0.39, 0.29) is 6.54 Å². The van der Waals surface area contributed by atoms with Crippen molar-refractivity contribution in [1.82, 2.24) is 15.2 Å². The summed E-state index contributed by atoms with van der Waals surface area (Å²) in [6.45, 7) is 2.13. The molecule has 1 saturated heterocycles. The molecule has 1 fully saturated rings. The Hall–Kier alpha value is -2.74. The number of nitrogens with one attached hydrogen (secondary N) is 1. The maximum atomic E-state index is 12.0. The molecule has 0 saturated carbocycles. The Balaban J connectivity index is 1.60. The third-order valence-corrected chi connectivity index (χ3v) is 4.44. The summed E-state index contributed by atoms with van der Waals surface area (Å²) < 4.78 is 6.07. The molecule has 0 radical (unpaired) electrons. The van der Waals surface area contributed by atoms with Crippen LogP contribution in [0, 0.1) is 0 Å². The van der Waals surface area contributed by atoms with Crippen LogP contribution in [0.1, 0.15) is 11.9 Å². The van der Waals surface area contributed by atoms with E-state index >= 15 is 0 Å². The summed E-state index contributed by atoms with van der Waals surface area (Å²) >= 11 is 1.45. The van der Waals surface area contributed by atoms with Crippen LogP contribution in [0.2, 0.25) is 0 Å². The average molecular weight is 345 g/mol. The monoisotopic (exact) mass is 345 g/mol. The molecule has 3 rings (SSSR count). The van der Waals surface area contributed by atoms with Gasteiger partial charge in [0.15, 0.2) is 6.10 Å². The van der Waals surface area contributed by atoms with Crippen LogP contribution >= 0.6 is 11.3 Å². The Kier molecular flexibility index (Phi) is 4.57. The SMILES string of the molecule is C[C@H](OC(=O)/C=C/c1nc2ccccc2s1)C(=O)N1CCNC1=O. The maximum absolute atomic E-state index is 12.0. The summed E-state index contributed by atoms with van der Waals surface area (Å²) in [5, 5.41) is 3.20. The number of rotatable bonds is 4. The smallest absolute Gasteiger partial charge is 0.331 e. The highest BCUT2D eigenvalue weighted by molar-refractivity contribution is 7.19. The number of nitrogens with zero attached hydrogens (tertiary/aromatic N) is 2. The molecule has 0 bridgehead atoms. The van der Waals surface area contributed by atoms with Crippen molar-refractivity contribution in [3.05, 3.63) is 35.3 Å². The molecule has 124 valence electrons. The lowest BCUT2D eigenvalue weighted by molar-refractivity contribution is -0.153.